The van der Waals surface area contributed by atoms with Crippen molar-refractivity contribution >= 4 is 10.8 Å². The molecule has 0 unspecified atom stereocenters. The molecule has 27 heavy (non-hydrogen) atoms. The first-order chi connectivity index (χ1) is 12.3. The van der Waals surface area contributed by atoms with Crippen molar-refractivity contribution in [3.63, 3.8) is 0 Å². The molecule has 0 spiro atoms. The van der Waals surface area contributed by atoms with Gasteiger partial charge in [-0.15, -0.1) is 41.0 Å². The summed E-state index contributed by atoms with van der Waals surface area (Å²) in [6.45, 7) is 13.1. The molecular weight excluding hydrogens is 404 g/mol. The Bertz CT molecular complexity index is 981. The summed E-state index contributed by atoms with van der Waals surface area (Å²) in [5, 5.41) is 2.69. The summed E-state index contributed by atoms with van der Waals surface area (Å²) in [4.78, 5) is 0. The SMILES string of the molecule is CC1=[C-]C(C)(C)C(C)=C1C.C[c-]1c(-c2ccccc2)cc2ccccc21.[Zr+2]. The second kappa shape index (κ2) is 8.62. The molecule has 1 aliphatic rings. The summed E-state index contributed by atoms with van der Waals surface area (Å²) in [6.07, 6.45) is 3.44. The quantitative estimate of drug-likeness (QED) is 0.347. The third kappa shape index (κ3) is 4.46. The van der Waals surface area contributed by atoms with Crippen LogP contribution in [0.15, 0.2) is 77.4 Å². The van der Waals surface area contributed by atoms with E-state index in [1.165, 1.54) is 44.2 Å². The number of fused-ring (bicyclic) bond motifs is 1. The molecule has 136 valence electrons. The van der Waals surface area contributed by atoms with Gasteiger partial charge in [0.25, 0.3) is 0 Å². The number of benzene rings is 2. The zero-order valence-corrected chi connectivity index (χ0v) is 19.7. The summed E-state index contributed by atoms with van der Waals surface area (Å²) in [5.74, 6) is 0. The summed E-state index contributed by atoms with van der Waals surface area (Å²) in [7, 11) is 0. The minimum atomic E-state index is 0. The monoisotopic (exact) mass is 430 g/mol. The van der Waals surface area contributed by atoms with E-state index in [0.717, 1.165) is 0 Å². The van der Waals surface area contributed by atoms with E-state index >= 15 is 0 Å². The fourth-order valence-electron chi connectivity index (χ4n) is 3.70. The first-order valence-corrected chi connectivity index (χ1v) is 9.32. The van der Waals surface area contributed by atoms with Gasteiger partial charge in [0.15, 0.2) is 0 Å². The van der Waals surface area contributed by atoms with Crippen LogP contribution < -0.4 is 0 Å². The molecule has 0 saturated heterocycles. The van der Waals surface area contributed by atoms with Crippen LogP contribution in [-0.2, 0) is 26.2 Å². The predicted octanol–water partition coefficient (Wildman–Crippen LogP) is 7.64. The largest absolute Gasteiger partial charge is 2.00 e. The van der Waals surface area contributed by atoms with Crippen molar-refractivity contribution < 1.29 is 26.2 Å². The first-order valence-electron chi connectivity index (χ1n) is 9.32. The van der Waals surface area contributed by atoms with Crippen LogP contribution in [0.3, 0.4) is 0 Å². The summed E-state index contributed by atoms with van der Waals surface area (Å²) < 4.78 is 0. The normalized spacial score (nSPS) is 15.1. The van der Waals surface area contributed by atoms with Gasteiger partial charge in [0, 0.05) is 0 Å². The Hall–Kier alpha value is -1.59. The van der Waals surface area contributed by atoms with Crippen molar-refractivity contribution in [1.29, 1.82) is 0 Å². The van der Waals surface area contributed by atoms with Gasteiger partial charge in [-0.25, -0.2) is 5.57 Å². The van der Waals surface area contributed by atoms with E-state index in [1.54, 1.807) is 0 Å². The summed E-state index contributed by atoms with van der Waals surface area (Å²) >= 11 is 0. The Morgan fingerprint density at radius 1 is 0.852 bits per heavy atom. The second-order valence-corrected chi connectivity index (χ2v) is 7.76. The predicted molar refractivity (Wildman–Crippen MR) is 114 cm³/mol. The average Bonchev–Trinajstić information content (AvgIpc) is 3.06. The molecule has 0 amide bonds. The molecule has 1 heteroatoms. The molecule has 3 aromatic carbocycles. The zero-order valence-electron chi connectivity index (χ0n) is 17.3. The molecule has 0 nitrogen and oxygen atoms in total. The van der Waals surface area contributed by atoms with E-state index < -0.39 is 0 Å². The third-order valence-electron chi connectivity index (χ3n) is 5.72. The molecule has 0 saturated carbocycles. The van der Waals surface area contributed by atoms with Crippen LogP contribution in [0.2, 0.25) is 0 Å². The van der Waals surface area contributed by atoms with Gasteiger partial charge in [-0.3, -0.25) is 6.08 Å². The molecule has 4 rings (SSSR count). The fraction of sp³-hybridized carbons (Fsp3) is 0.269. The Morgan fingerprint density at radius 3 is 1.93 bits per heavy atom. The molecule has 0 atom stereocenters. The van der Waals surface area contributed by atoms with E-state index in [-0.39, 0.29) is 31.6 Å². The maximum atomic E-state index is 3.44. The maximum Gasteiger partial charge on any atom is 2.00 e. The standard InChI is InChI=1S/C16H13.C10H15.Zr/c1-12-15-10-6-5-9-14(15)11-16(12)13-7-3-2-4-8-13;1-7-6-10(4,5)9(3)8(7)2;/h2-11H,1H3;1-5H3;/q2*-1;+2. The fourth-order valence-corrected chi connectivity index (χ4v) is 3.70. The molecular formula is C26H28Zr. The Labute approximate surface area is 183 Å². The summed E-state index contributed by atoms with van der Waals surface area (Å²) in [6, 6.07) is 21.4. The van der Waals surface area contributed by atoms with Gasteiger partial charge in [0.05, 0.1) is 0 Å². The first kappa shape index (κ1) is 21.7. The Balaban J connectivity index is 0.000000208. The van der Waals surface area contributed by atoms with E-state index in [2.05, 4.69) is 108 Å². The van der Waals surface area contributed by atoms with Crippen LogP contribution in [-0.4, -0.2) is 0 Å². The smallest absolute Gasteiger partial charge is 0.263 e. The minimum Gasteiger partial charge on any atom is -0.263 e. The van der Waals surface area contributed by atoms with E-state index in [0.29, 0.717) is 0 Å². The van der Waals surface area contributed by atoms with E-state index in [4.69, 9.17) is 0 Å². The molecule has 0 aliphatic heterocycles. The molecule has 0 radical (unpaired) electrons. The molecule has 0 heterocycles. The van der Waals surface area contributed by atoms with E-state index in [1.807, 2.05) is 0 Å². The summed E-state index contributed by atoms with van der Waals surface area (Å²) in [5.41, 5.74) is 8.42. The second-order valence-electron chi connectivity index (χ2n) is 7.76. The van der Waals surface area contributed by atoms with Crippen LogP contribution in [0, 0.1) is 18.4 Å². The van der Waals surface area contributed by atoms with Crippen LogP contribution in [0.25, 0.3) is 21.9 Å². The van der Waals surface area contributed by atoms with Crippen molar-refractivity contribution in [2.45, 2.75) is 41.5 Å². The van der Waals surface area contributed by atoms with Crippen LogP contribution in [0.1, 0.15) is 40.2 Å². The van der Waals surface area contributed by atoms with Gasteiger partial charge in [-0.1, -0.05) is 94.1 Å². The number of rotatable bonds is 1. The zero-order chi connectivity index (χ0) is 18.9. The molecule has 0 aromatic heterocycles. The van der Waals surface area contributed by atoms with Crippen molar-refractivity contribution in [3.05, 3.63) is 89.0 Å². The maximum absolute atomic E-state index is 3.44. The van der Waals surface area contributed by atoms with Gasteiger partial charge in [0.2, 0.25) is 0 Å². The van der Waals surface area contributed by atoms with E-state index in [9.17, 15) is 0 Å². The number of hydrogen-bond donors (Lipinski definition) is 0. The Morgan fingerprint density at radius 2 is 1.44 bits per heavy atom. The molecule has 1 aliphatic carbocycles. The molecule has 0 fully saturated rings. The van der Waals surface area contributed by atoms with Crippen molar-refractivity contribution in [1.82, 2.24) is 0 Å². The van der Waals surface area contributed by atoms with Crippen LogP contribution >= 0.6 is 0 Å². The van der Waals surface area contributed by atoms with Gasteiger partial charge in [0.1, 0.15) is 0 Å². The third-order valence-corrected chi connectivity index (χ3v) is 5.72. The number of aryl methyl sites for hydroxylation is 1. The molecule has 0 N–H and O–H groups in total. The molecule has 0 bridgehead atoms. The van der Waals surface area contributed by atoms with Gasteiger partial charge < -0.3 is 0 Å². The van der Waals surface area contributed by atoms with Crippen LogP contribution in [0.5, 0.6) is 0 Å². The van der Waals surface area contributed by atoms with Crippen molar-refractivity contribution in [2.75, 3.05) is 0 Å². The Kier molecular flexibility index (Phi) is 6.93. The van der Waals surface area contributed by atoms with Gasteiger partial charge >= 0.3 is 26.2 Å². The molecule has 3 aromatic rings. The average molecular weight is 432 g/mol. The minimum absolute atomic E-state index is 0. The topological polar surface area (TPSA) is 0 Å². The van der Waals surface area contributed by atoms with Crippen LogP contribution in [0.4, 0.5) is 0 Å². The number of hydrogen-bond acceptors (Lipinski definition) is 0. The number of allylic oxidation sites excluding steroid dienone is 4. The van der Waals surface area contributed by atoms with Gasteiger partial charge in [-0.05, 0) is 0 Å². The van der Waals surface area contributed by atoms with Gasteiger partial charge in [-0.2, -0.15) is 11.1 Å². The van der Waals surface area contributed by atoms with Crippen molar-refractivity contribution in [2.24, 2.45) is 5.41 Å². The van der Waals surface area contributed by atoms with Crippen molar-refractivity contribution in [3.8, 4) is 11.1 Å².